The van der Waals surface area contributed by atoms with Crippen LogP contribution in [0.3, 0.4) is 0 Å². The summed E-state index contributed by atoms with van der Waals surface area (Å²) in [7, 11) is 0. The molecule has 3 aromatic carbocycles. The topological polar surface area (TPSA) is 50.8 Å². The number of rotatable bonds is 5. The molecule has 1 heterocycles. The number of carbonyl (C=O) groups excluding carboxylic acids is 1. The van der Waals surface area contributed by atoms with Crippen LogP contribution in [0.15, 0.2) is 66.7 Å². The monoisotopic (exact) mass is 362 g/mol. The predicted molar refractivity (Wildman–Crippen MR) is 108 cm³/mol. The number of hydrogen-bond acceptors (Lipinski definition) is 4. The molecule has 3 aromatic rings. The first kappa shape index (κ1) is 17.4. The Labute approximate surface area is 158 Å². The zero-order chi connectivity index (χ0) is 18.5. The van der Waals surface area contributed by atoms with Crippen molar-refractivity contribution in [1.82, 2.24) is 0 Å². The van der Waals surface area contributed by atoms with Gasteiger partial charge >= 0.3 is 0 Å². The van der Waals surface area contributed by atoms with Gasteiger partial charge in [0.05, 0.1) is 13.2 Å². The number of nitrogens with one attached hydrogen (secondary N) is 1. The molecule has 5 heteroatoms. The number of hydrogen-bond donors (Lipinski definition) is 1. The van der Waals surface area contributed by atoms with E-state index in [0.717, 1.165) is 48.5 Å². The molecule has 5 nitrogen and oxygen atoms in total. The van der Waals surface area contributed by atoms with Gasteiger partial charge in [-0.05, 0) is 41.1 Å². The van der Waals surface area contributed by atoms with Gasteiger partial charge in [-0.2, -0.15) is 0 Å². The van der Waals surface area contributed by atoms with E-state index in [1.54, 1.807) is 0 Å². The summed E-state index contributed by atoms with van der Waals surface area (Å²) in [4.78, 5) is 14.5. The fourth-order valence-electron chi connectivity index (χ4n) is 3.21. The molecule has 0 spiro atoms. The molecule has 1 amide bonds. The summed E-state index contributed by atoms with van der Waals surface area (Å²) in [5.41, 5.74) is 1.86. The minimum Gasteiger partial charge on any atom is -0.484 e. The zero-order valence-electron chi connectivity index (χ0n) is 15.1. The fraction of sp³-hybridized carbons (Fsp3) is 0.227. The van der Waals surface area contributed by atoms with E-state index in [4.69, 9.17) is 9.47 Å². The molecule has 0 atom stereocenters. The van der Waals surface area contributed by atoms with Crippen molar-refractivity contribution < 1.29 is 14.3 Å². The highest BCUT2D eigenvalue weighted by Crippen LogP contribution is 2.22. The normalized spacial score (nSPS) is 14.1. The van der Waals surface area contributed by atoms with Crippen molar-refractivity contribution >= 4 is 28.1 Å². The van der Waals surface area contributed by atoms with Crippen molar-refractivity contribution in [2.75, 3.05) is 43.1 Å². The average Bonchev–Trinajstić information content (AvgIpc) is 2.73. The lowest BCUT2D eigenvalue weighted by molar-refractivity contribution is -0.118. The van der Waals surface area contributed by atoms with Crippen molar-refractivity contribution in [2.45, 2.75) is 0 Å². The average molecular weight is 362 g/mol. The Hall–Kier alpha value is -3.05. The van der Waals surface area contributed by atoms with E-state index in [2.05, 4.69) is 10.2 Å². The van der Waals surface area contributed by atoms with Gasteiger partial charge in [0.15, 0.2) is 6.61 Å². The molecule has 0 aromatic heterocycles. The maximum absolute atomic E-state index is 12.3. The SMILES string of the molecule is O=C(COc1ccc2ccccc2c1)Nc1cccc(N2CCOCC2)c1. The molecule has 1 aliphatic heterocycles. The van der Waals surface area contributed by atoms with Gasteiger partial charge in [-0.3, -0.25) is 4.79 Å². The van der Waals surface area contributed by atoms with Gasteiger partial charge in [-0.1, -0.05) is 36.4 Å². The summed E-state index contributed by atoms with van der Waals surface area (Å²) in [6.45, 7) is 3.16. The summed E-state index contributed by atoms with van der Waals surface area (Å²) < 4.78 is 11.0. The Morgan fingerprint density at radius 1 is 0.963 bits per heavy atom. The third kappa shape index (κ3) is 4.38. The standard InChI is InChI=1S/C22H22N2O3/c25-22(16-27-21-9-8-17-4-1-2-5-18(17)14-21)23-19-6-3-7-20(15-19)24-10-12-26-13-11-24/h1-9,14-15H,10-13,16H2,(H,23,25). The summed E-state index contributed by atoms with van der Waals surface area (Å²) in [6, 6.07) is 21.8. The first-order valence-corrected chi connectivity index (χ1v) is 9.12. The van der Waals surface area contributed by atoms with Gasteiger partial charge < -0.3 is 19.7 Å². The lowest BCUT2D eigenvalue weighted by atomic mass is 10.1. The first-order valence-electron chi connectivity index (χ1n) is 9.12. The molecule has 0 saturated carbocycles. The molecule has 1 fully saturated rings. The van der Waals surface area contributed by atoms with E-state index < -0.39 is 0 Å². The number of anilines is 2. The lowest BCUT2D eigenvalue weighted by Crippen LogP contribution is -2.36. The van der Waals surface area contributed by atoms with Gasteiger partial charge in [0.2, 0.25) is 0 Å². The van der Waals surface area contributed by atoms with E-state index in [9.17, 15) is 4.79 Å². The first-order chi connectivity index (χ1) is 13.3. The molecule has 0 bridgehead atoms. The quantitative estimate of drug-likeness (QED) is 0.752. The predicted octanol–water partition coefficient (Wildman–Crippen LogP) is 3.69. The van der Waals surface area contributed by atoms with Crippen molar-refractivity contribution in [1.29, 1.82) is 0 Å². The molecular formula is C22H22N2O3. The third-order valence-electron chi connectivity index (χ3n) is 4.60. The minimum atomic E-state index is -0.178. The molecule has 4 rings (SSSR count). The Balaban J connectivity index is 1.36. The van der Waals surface area contributed by atoms with Crippen LogP contribution in [0.1, 0.15) is 0 Å². The number of carbonyl (C=O) groups is 1. The Kier molecular flexibility index (Phi) is 5.21. The van der Waals surface area contributed by atoms with Crippen LogP contribution in [-0.2, 0) is 9.53 Å². The number of benzene rings is 3. The second-order valence-corrected chi connectivity index (χ2v) is 6.50. The maximum Gasteiger partial charge on any atom is 0.262 e. The van der Waals surface area contributed by atoms with Gasteiger partial charge in [0.1, 0.15) is 5.75 Å². The number of ether oxygens (including phenoxy) is 2. The second kappa shape index (κ2) is 8.10. The molecule has 0 radical (unpaired) electrons. The minimum absolute atomic E-state index is 0.0277. The molecule has 138 valence electrons. The third-order valence-corrected chi connectivity index (χ3v) is 4.60. The molecule has 0 aliphatic carbocycles. The van der Waals surface area contributed by atoms with E-state index in [1.165, 1.54) is 0 Å². The van der Waals surface area contributed by atoms with Crippen LogP contribution in [-0.4, -0.2) is 38.8 Å². The number of nitrogens with zero attached hydrogens (tertiary/aromatic N) is 1. The van der Waals surface area contributed by atoms with Crippen LogP contribution in [0.5, 0.6) is 5.75 Å². The highest BCUT2D eigenvalue weighted by Gasteiger charge is 2.12. The largest absolute Gasteiger partial charge is 0.484 e. The number of amides is 1. The Morgan fingerprint density at radius 2 is 1.78 bits per heavy atom. The van der Waals surface area contributed by atoms with Crippen molar-refractivity contribution in [3.05, 3.63) is 66.7 Å². The summed E-state index contributed by atoms with van der Waals surface area (Å²) >= 11 is 0. The van der Waals surface area contributed by atoms with Gasteiger partial charge in [-0.25, -0.2) is 0 Å². The molecule has 1 saturated heterocycles. The van der Waals surface area contributed by atoms with Crippen LogP contribution in [0.25, 0.3) is 10.8 Å². The second-order valence-electron chi connectivity index (χ2n) is 6.50. The molecule has 1 aliphatic rings. The van der Waals surface area contributed by atoms with E-state index >= 15 is 0 Å². The summed E-state index contributed by atoms with van der Waals surface area (Å²) in [5.74, 6) is 0.508. The van der Waals surface area contributed by atoms with Crippen LogP contribution in [0.2, 0.25) is 0 Å². The molecule has 27 heavy (non-hydrogen) atoms. The van der Waals surface area contributed by atoms with Crippen molar-refractivity contribution in [2.24, 2.45) is 0 Å². The zero-order valence-corrected chi connectivity index (χ0v) is 15.1. The van der Waals surface area contributed by atoms with Crippen LogP contribution in [0, 0.1) is 0 Å². The summed E-state index contributed by atoms with van der Waals surface area (Å²) in [5, 5.41) is 5.15. The highest BCUT2D eigenvalue weighted by atomic mass is 16.5. The van der Waals surface area contributed by atoms with Crippen LogP contribution in [0.4, 0.5) is 11.4 Å². The van der Waals surface area contributed by atoms with Crippen molar-refractivity contribution in [3.8, 4) is 5.75 Å². The smallest absolute Gasteiger partial charge is 0.262 e. The van der Waals surface area contributed by atoms with Gasteiger partial charge in [0.25, 0.3) is 5.91 Å². The van der Waals surface area contributed by atoms with Gasteiger partial charge in [-0.15, -0.1) is 0 Å². The van der Waals surface area contributed by atoms with Gasteiger partial charge in [0, 0.05) is 24.5 Å². The lowest BCUT2D eigenvalue weighted by Gasteiger charge is -2.29. The maximum atomic E-state index is 12.3. The van der Waals surface area contributed by atoms with Crippen molar-refractivity contribution in [3.63, 3.8) is 0 Å². The fourth-order valence-corrected chi connectivity index (χ4v) is 3.21. The number of fused-ring (bicyclic) bond motifs is 1. The molecule has 0 unspecified atom stereocenters. The highest BCUT2D eigenvalue weighted by molar-refractivity contribution is 5.92. The van der Waals surface area contributed by atoms with E-state index in [-0.39, 0.29) is 12.5 Å². The van der Waals surface area contributed by atoms with E-state index in [0.29, 0.717) is 5.75 Å². The Morgan fingerprint density at radius 3 is 2.63 bits per heavy atom. The molecule has 1 N–H and O–H groups in total. The Bertz CT molecular complexity index is 935. The summed E-state index contributed by atoms with van der Waals surface area (Å²) in [6.07, 6.45) is 0. The van der Waals surface area contributed by atoms with Crippen LogP contribution < -0.4 is 15.0 Å². The molecular weight excluding hydrogens is 340 g/mol. The van der Waals surface area contributed by atoms with E-state index in [1.807, 2.05) is 66.7 Å². The van der Waals surface area contributed by atoms with Crippen LogP contribution >= 0.6 is 0 Å². The number of morpholine rings is 1.